The van der Waals surface area contributed by atoms with Gasteiger partial charge in [-0.05, 0) is 73.3 Å². The van der Waals surface area contributed by atoms with Crippen molar-refractivity contribution in [3.8, 4) is 5.75 Å². The van der Waals surface area contributed by atoms with E-state index in [1.54, 1.807) is 31.0 Å². The lowest BCUT2D eigenvalue weighted by Crippen LogP contribution is -2.29. The fraction of sp³-hybridized carbons (Fsp3) is 0.300. The van der Waals surface area contributed by atoms with Gasteiger partial charge in [-0.15, -0.1) is 11.8 Å². The van der Waals surface area contributed by atoms with Crippen LogP contribution < -0.4 is 15.4 Å². The Bertz CT molecular complexity index is 779. The van der Waals surface area contributed by atoms with E-state index in [9.17, 15) is 4.79 Å². The predicted octanol–water partition coefficient (Wildman–Crippen LogP) is 4.26. The molecule has 0 radical (unpaired) electrons. The van der Waals surface area contributed by atoms with Crippen LogP contribution in [-0.4, -0.2) is 37.6 Å². The first-order chi connectivity index (χ1) is 13.0. The third-order valence-electron chi connectivity index (χ3n) is 3.84. The van der Waals surface area contributed by atoms with E-state index in [2.05, 4.69) is 22.8 Å². The minimum Gasteiger partial charge on any atom is -0.497 e. The Balaban J connectivity index is 1.73. The molecule has 0 saturated carbocycles. The Labute approximate surface area is 169 Å². The Hall–Kier alpha value is -2.25. The van der Waals surface area contributed by atoms with Gasteiger partial charge >= 0.3 is 5.97 Å². The van der Waals surface area contributed by atoms with E-state index < -0.39 is 0 Å². The molecule has 0 unspecified atom stereocenters. The largest absolute Gasteiger partial charge is 0.497 e. The number of carbonyl (C=O) groups is 1. The highest BCUT2D eigenvalue weighted by Crippen LogP contribution is 2.21. The molecule has 144 valence electrons. The molecule has 2 rings (SSSR count). The number of hydrogen-bond acceptors (Lipinski definition) is 5. The molecule has 0 amide bonds. The van der Waals surface area contributed by atoms with Crippen molar-refractivity contribution < 1.29 is 14.3 Å². The zero-order chi connectivity index (χ0) is 19.6. The van der Waals surface area contributed by atoms with Gasteiger partial charge in [0.25, 0.3) is 0 Å². The fourth-order valence-electron chi connectivity index (χ4n) is 2.30. The summed E-state index contributed by atoms with van der Waals surface area (Å²) in [4.78, 5) is 12.9. The summed E-state index contributed by atoms with van der Waals surface area (Å²) in [6.45, 7) is 2.72. The summed E-state index contributed by atoms with van der Waals surface area (Å²) in [7, 11) is 3.03. The maximum Gasteiger partial charge on any atom is 0.337 e. The van der Waals surface area contributed by atoms with Crippen molar-refractivity contribution in [1.82, 2.24) is 5.32 Å². The Morgan fingerprint density at radius 1 is 1.15 bits per heavy atom. The van der Waals surface area contributed by atoms with E-state index in [-0.39, 0.29) is 5.97 Å². The monoisotopic (exact) mass is 404 g/mol. The maximum absolute atomic E-state index is 11.7. The van der Waals surface area contributed by atoms with Crippen LogP contribution in [0.1, 0.15) is 22.3 Å². The van der Waals surface area contributed by atoms with E-state index in [0.29, 0.717) is 10.7 Å². The first-order valence-electron chi connectivity index (χ1n) is 8.54. The molecule has 7 heteroatoms. The number of rotatable bonds is 8. The molecule has 0 saturated heterocycles. The van der Waals surface area contributed by atoms with Gasteiger partial charge in [-0.2, -0.15) is 0 Å². The zero-order valence-electron chi connectivity index (χ0n) is 15.7. The van der Waals surface area contributed by atoms with Crippen LogP contribution in [0.4, 0.5) is 5.69 Å². The van der Waals surface area contributed by atoms with E-state index in [1.807, 2.05) is 25.1 Å². The highest BCUT2D eigenvalue weighted by Gasteiger charge is 2.09. The average molecular weight is 405 g/mol. The highest BCUT2D eigenvalue weighted by molar-refractivity contribution is 7.99. The van der Waals surface area contributed by atoms with Gasteiger partial charge in [0.2, 0.25) is 0 Å². The summed E-state index contributed by atoms with van der Waals surface area (Å²) in [5.41, 5.74) is 2.29. The van der Waals surface area contributed by atoms with Crippen LogP contribution in [-0.2, 0) is 4.74 Å². The minimum atomic E-state index is -0.368. The number of carbonyl (C=O) groups excluding carboxylic acids is 1. The first kappa shape index (κ1) is 21.1. The minimum absolute atomic E-state index is 0.368. The molecule has 0 aliphatic carbocycles. The number of esters is 1. The first-order valence-corrected chi connectivity index (χ1v) is 9.93. The van der Waals surface area contributed by atoms with E-state index in [0.717, 1.165) is 35.7 Å². The molecule has 27 heavy (non-hydrogen) atoms. The quantitative estimate of drug-likeness (QED) is 0.295. The highest BCUT2D eigenvalue weighted by atomic mass is 32.2. The summed E-state index contributed by atoms with van der Waals surface area (Å²) in [6, 6.07) is 13.4. The molecule has 0 aliphatic rings. The second kappa shape index (κ2) is 10.8. The topological polar surface area (TPSA) is 59.6 Å². The Morgan fingerprint density at radius 2 is 1.89 bits per heavy atom. The van der Waals surface area contributed by atoms with Gasteiger partial charge in [-0.25, -0.2) is 4.79 Å². The van der Waals surface area contributed by atoms with Gasteiger partial charge < -0.3 is 20.1 Å². The van der Waals surface area contributed by atoms with Gasteiger partial charge in [-0.1, -0.05) is 6.07 Å². The smallest absolute Gasteiger partial charge is 0.337 e. The van der Waals surface area contributed by atoms with E-state index in [1.165, 1.54) is 12.0 Å². The number of thiocarbonyl (C=S) groups is 1. The molecule has 2 N–H and O–H groups in total. The number of nitrogens with one attached hydrogen (secondary N) is 2. The SMILES string of the molecule is COC(=O)c1ccc(C)c(NC(=S)NCCCSc2ccc(OC)cc2)c1. The zero-order valence-corrected chi connectivity index (χ0v) is 17.3. The fourth-order valence-corrected chi connectivity index (χ4v) is 3.37. The third-order valence-corrected chi connectivity index (χ3v) is 5.19. The van der Waals surface area contributed by atoms with Crippen molar-refractivity contribution >= 4 is 40.7 Å². The summed E-state index contributed by atoms with van der Waals surface area (Å²) in [5, 5.41) is 6.88. The van der Waals surface area contributed by atoms with Crippen molar-refractivity contribution in [2.45, 2.75) is 18.2 Å². The number of methoxy groups -OCH3 is 2. The van der Waals surface area contributed by atoms with Gasteiger partial charge in [-0.3, -0.25) is 0 Å². The van der Waals surface area contributed by atoms with Gasteiger partial charge in [0, 0.05) is 17.1 Å². The summed E-state index contributed by atoms with van der Waals surface area (Å²) in [5.74, 6) is 1.48. The van der Waals surface area contributed by atoms with Crippen LogP contribution in [0.3, 0.4) is 0 Å². The maximum atomic E-state index is 11.7. The van der Waals surface area contributed by atoms with Crippen LogP contribution in [0.15, 0.2) is 47.4 Å². The lowest BCUT2D eigenvalue weighted by molar-refractivity contribution is 0.0601. The molecule has 2 aromatic carbocycles. The van der Waals surface area contributed by atoms with Crippen LogP contribution in [0.5, 0.6) is 5.75 Å². The standard InChI is InChI=1S/C20H24N2O3S2/c1-14-5-6-15(19(23)25-3)13-18(14)22-20(26)21-11-4-12-27-17-9-7-16(24-2)8-10-17/h5-10,13H,4,11-12H2,1-3H3,(H2,21,22,26). The number of hydrogen-bond donors (Lipinski definition) is 2. The number of benzene rings is 2. The molecule has 0 spiro atoms. The average Bonchev–Trinajstić information content (AvgIpc) is 2.69. The molecule has 0 bridgehead atoms. The van der Waals surface area contributed by atoms with E-state index >= 15 is 0 Å². The molecular formula is C20H24N2O3S2. The lowest BCUT2D eigenvalue weighted by atomic mass is 10.1. The molecular weight excluding hydrogens is 380 g/mol. The summed E-state index contributed by atoms with van der Waals surface area (Å²) >= 11 is 7.14. The van der Waals surface area contributed by atoms with Gasteiger partial charge in [0.05, 0.1) is 19.8 Å². The lowest BCUT2D eigenvalue weighted by Gasteiger charge is -2.13. The third kappa shape index (κ3) is 6.77. The van der Waals surface area contributed by atoms with Crippen LogP contribution in [0.25, 0.3) is 0 Å². The van der Waals surface area contributed by atoms with Gasteiger partial charge in [0.1, 0.15) is 5.75 Å². The molecule has 5 nitrogen and oxygen atoms in total. The molecule has 0 atom stereocenters. The van der Waals surface area contributed by atoms with Gasteiger partial charge in [0.15, 0.2) is 5.11 Å². The van der Waals surface area contributed by atoms with Crippen LogP contribution in [0.2, 0.25) is 0 Å². The summed E-state index contributed by atoms with van der Waals surface area (Å²) in [6.07, 6.45) is 0.972. The second-order valence-electron chi connectivity index (χ2n) is 5.78. The van der Waals surface area contributed by atoms with Crippen molar-refractivity contribution in [1.29, 1.82) is 0 Å². The number of ether oxygens (including phenoxy) is 2. The molecule has 0 aromatic heterocycles. The predicted molar refractivity (Wildman–Crippen MR) is 115 cm³/mol. The van der Waals surface area contributed by atoms with Crippen molar-refractivity contribution in [2.24, 2.45) is 0 Å². The van der Waals surface area contributed by atoms with Crippen molar-refractivity contribution in [3.05, 3.63) is 53.6 Å². The van der Waals surface area contributed by atoms with Crippen molar-refractivity contribution in [2.75, 3.05) is 31.8 Å². The van der Waals surface area contributed by atoms with Crippen LogP contribution in [0, 0.1) is 6.92 Å². The van der Waals surface area contributed by atoms with E-state index in [4.69, 9.17) is 21.7 Å². The molecule has 0 heterocycles. The molecule has 2 aromatic rings. The number of thioether (sulfide) groups is 1. The Kier molecular flexibility index (Phi) is 8.42. The van der Waals surface area contributed by atoms with Crippen molar-refractivity contribution in [3.63, 3.8) is 0 Å². The number of aryl methyl sites for hydroxylation is 1. The normalized spacial score (nSPS) is 10.2. The van der Waals surface area contributed by atoms with Crippen LogP contribution >= 0.6 is 24.0 Å². The summed E-state index contributed by atoms with van der Waals surface area (Å²) < 4.78 is 9.91. The number of anilines is 1. The molecule has 0 aliphatic heterocycles. The second-order valence-corrected chi connectivity index (χ2v) is 7.36. The Morgan fingerprint density at radius 3 is 2.56 bits per heavy atom. The molecule has 0 fully saturated rings.